The van der Waals surface area contributed by atoms with Crippen molar-refractivity contribution >= 4 is 17.6 Å². The number of nitrogens with one attached hydrogen (secondary N) is 1. The van der Waals surface area contributed by atoms with Crippen LogP contribution in [0.3, 0.4) is 0 Å². The van der Waals surface area contributed by atoms with Crippen molar-refractivity contribution in [1.82, 2.24) is 9.97 Å². The summed E-state index contributed by atoms with van der Waals surface area (Å²) in [6.07, 6.45) is 0.389. The fourth-order valence-corrected chi connectivity index (χ4v) is 1.79. The lowest BCUT2D eigenvalue weighted by atomic mass is 10.2. The van der Waals surface area contributed by atoms with Gasteiger partial charge >= 0.3 is 5.97 Å². The first-order chi connectivity index (χ1) is 8.16. The minimum atomic E-state index is -0.848. The number of aryl methyl sites for hydroxylation is 1. The summed E-state index contributed by atoms with van der Waals surface area (Å²) in [7, 11) is 0. The molecule has 0 aliphatic carbocycles. The zero-order chi connectivity index (χ0) is 12.3. The van der Waals surface area contributed by atoms with Crippen molar-refractivity contribution in [2.45, 2.75) is 12.8 Å². The minimum Gasteiger partial charge on any atom is -0.481 e. The Morgan fingerprint density at radius 1 is 1.35 bits per heavy atom. The van der Waals surface area contributed by atoms with Crippen molar-refractivity contribution in [3.8, 4) is 11.3 Å². The summed E-state index contributed by atoms with van der Waals surface area (Å²) in [6, 6.07) is 9.52. The Kier molecular flexibility index (Phi) is 3.44. The highest BCUT2D eigenvalue weighted by atomic mass is 35.5. The number of aromatic nitrogens is 2. The lowest BCUT2D eigenvalue weighted by Gasteiger charge is -1.95. The Labute approximate surface area is 103 Å². The van der Waals surface area contributed by atoms with E-state index in [-0.39, 0.29) is 6.42 Å². The van der Waals surface area contributed by atoms with Gasteiger partial charge in [0.2, 0.25) is 0 Å². The Balaban J connectivity index is 2.22. The standard InChI is InChI=1S/C12H11ClN2O2/c13-12-11(8-4-2-1-3-5-8)14-9(15-12)6-7-10(16)17/h1-5H,6-7H2,(H,14,15)(H,16,17). The van der Waals surface area contributed by atoms with Gasteiger partial charge in [0.25, 0.3) is 0 Å². The SMILES string of the molecule is O=C(O)CCc1nc(-c2ccccc2)c(Cl)[nH]1. The molecule has 0 atom stereocenters. The topological polar surface area (TPSA) is 66.0 Å². The third kappa shape index (κ3) is 2.85. The zero-order valence-electron chi connectivity index (χ0n) is 8.98. The summed E-state index contributed by atoms with van der Waals surface area (Å²) in [5, 5.41) is 9.03. The van der Waals surface area contributed by atoms with Crippen LogP contribution in [0, 0.1) is 0 Å². The van der Waals surface area contributed by atoms with Crippen LogP contribution in [-0.4, -0.2) is 21.0 Å². The van der Waals surface area contributed by atoms with E-state index in [1.54, 1.807) is 0 Å². The van der Waals surface area contributed by atoms with E-state index >= 15 is 0 Å². The van der Waals surface area contributed by atoms with Crippen molar-refractivity contribution in [3.63, 3.8) is 0 Å². The number of nitrogens with zero attached hydrogens (tertiary/aromatic N) is 1. The van der Waals surface area contributed by atoms with Crippen LogP contribution in [0.25, 0.3) is 11.3 Å². The van der Waals surface area contributed by atoms with Crippen LogP contribution >= 0.6 is 11.6 Å². The number of carbonyl (C=O) groups is 1. The van der Waals surface area contributed by atoms with Crippen molar-refractivity contribution in [2.75, 3.05) is 0 Å². The van der Waals surface area contributed by atoms with Crippen LogP contribution in [0.15, 0.2) is 30.3 Å². The lowest BCUT2D eigenvalue weighted by molar-refractivity contribution is -0.137. The fourth-order valence-electron chi connectivity index (χ4n) is 1.53. The van der Waals surface area contributed by atoms with E-state index in [0.717, 1.165) is 5.56 Å². The third-order valence-corrected chi connectivity index (χ3v) is 2.61. The van der Waals surface area contributed by atoms with Crippen LogP contribution in [0.4, 0.5) is 0 Å². The maximum absolute atomic E-state index is 10.5. The summed E-state index contributed by atoms with van der Waals surface area (Å²) in [5.41, 5.74) is 1.57. The first-order valence-corrected chi connectivity index (χ1v) is 5.56. The molecule has 2 rings (SSSR count). The second-order valence-electron chi connectivity index (χ2n) is 3.61. The molecule has 5 heteroatoms. The van der Waals surface area contributed by atoms with Gasteiger partial charge in [0.05, 0.1) is 6.42 Å². The van der Waals surface area contributed by atoms with Crippen molar-refractivity contribution in [2.24, 2.45) is 0 Å². The number of carboxylic acid groups (broad SMARTS) is 1. The molecular formula is C12H11ClN2O2. The van der Waals surface area contributed by atoms with Gasteiger partial charge in [0.15, 0.2) is 0 Å². The highest BCUT2D eigenvalue weighted by Crippen LogP contribution is 2.25. The molecule has 0 bridgehead atoms. The Bertz CT molecular complexity index is 523. The summed E-state index contributed by atoms with van der Waals surface area (Å²) in [4.78, 5) is 17.7. The fraction of sp³-hybridized carbons (Fsp3) is 0.167. The van der Waals surface area contributed by atoms with E-state index in [4.69, 9.17) is 16.7 Å². The summed E-state index contributed by atoms with van der Waals surface area (Å²) >= 11 is 6.03. The molecule has 17 heavy (non-hydrogen) atoms. The smallest absolute Gasteiger partial charge is 0.303 e. The second-order valence-corrected chi connectivity index (χ2v) is 3.98. The number of aromatic amines is 1. The molecule has 2 N–H and O–H groups in total. The van der Waals surface area contributed by atoms with E-state index in [1.807, 2.05) is 30.3 Å². The molecule has 88 valence electrons. The van der Waals surface area contributed by atoms with Gasteiger partial charge in [-0.05, 0) is 0 Å². The minimum absolute atomic E-state index is 0.0398. The second kappa shape index (κ2) is 5.01. The molecular weight excluding hydrogens is 240 g/mol. The molecule has 2 aromatic rings. The predicted octanol–water partition coefficient (Wildman–Crippen LogP) is 2.75. The molecule has 1 heterocycles. The quantitative estimate of drug-likeness (QED) is 0.877. The van der Waals surface area contributed by atoms with Gasteiger partial charge in [-0.1, -0.05) is 41.9 Å². The number of aliphatic carboxylic acids is 1. The largest absolute Gasteiger partial charge is 0.481 e. The van der Waals surface area contributed by atoms with Gasteiger partial charge < -0.3 is 10.1 Å². The number of hydrogen-bond donors (Lipinski definition) is 2. The van der Waals surface area contributed by atoms with Gasteiger partial charge in [-0.2, -0.15) is 0 Å². The predicted molar refractivity (Wildman–Crippen MR) is 65.0 cm³/mol. The van der Waals surface area contributed by atoms with Crippen LogP contribution in [-0.2, 0) is 11.2 Å². The van der Waals surface area contributed by atoms with Crippen molar-refractivity contribution in [1.29, 1.82) is 0 Å². The number of benzene rings is 1. The Morgan fingerprint density at radius 3 is 2.71 bits per heavy atom. The van der Waals surface area contributed by atoms with E-state index in [9.17, 15) is 4.79 Å². The van der Waals surface area contributed by atoms with Gasteiger partial charge in [0.1, 0.15) is 16.7 Å². The number of imidazole rings is 1. The zero-order valence-corrected chi connectivity index (χ0v) is 9.74. The molecule has 1 aromatic heterocycles. The van der Waals surface area contributed by atoms with Gasteiger partial charge in [-0.15, -0.1) is 0 Å². The van der Waals surface area contributed by atoms with Crippen molar-refractivity contribution in [3.05, 3.63) is 41.3 Å². The molecule has 0 spiro atoms. The maximum Gasteiger partial charge on any atom is 0.303 e. The van der Waals surface area contributed by atoms with Gasteiger partial charge in [-0.25, -0.2) is 4.98 Å². The van der Waals surface area contributed by atoms with E-state index < -0.39 is 5.97 Å². The van der Waals surface area contributed by atoms with Gasteiger partial charge in [0, 0.05) is 12.0 Å². The number of H-pyrrole nitrogens is 1. The number of halogens is 1. The average Bonchev–Trinajstić information content (AvgIpc) is 2.69. The monoisotopic (exact) mass is 250 g/mol. The first-order valence-electron chi connectivity index (χ1n) is 5.18. The van der Waals surface area contributed by atoms with E-state index in [2.05, 4.69) is 9.97 Å². The number of hydrogen-bond acceptors (Lipinski definition) is 2. The molecule has 0 unspecified atom stereocenters. The molecule has 0 saturated heterocycles. The molecule has 0 saturated carbocycles. The molecule has 0 amide bonds. The van der Waals surface area contributed by atoms with E-state index in [1.165, 1.54) is 0 Å². The summed E-state index contributed by atoms with van der Waals surface area (Å²) in [5.74, 6) is -0.255. The van der Waals surface area contributed by atoms with Crippen LogP contribution in [0.1, 0.15) is 12.2 Å². The molecule has 0 radical (unpaired) electrons. The molecule has 4 nitrogen and oxygen atoms in total. The first kappa shape index (κ1) is 11.7. The summed E-state index contributed by atoms with van der Waals surface area (Å²) < 4.78 is 0. The normalized spacial score (nSPS) is 10.4. The number of carboxylic acids is 1. The van der Waals surface area contributed by atoms with Crippen LogP contribution in [0.2, 0.25) is 5.15 Å². The molecule has 1 aromatic carbocycles. The highest BCUT2D eigenvalue weighted by molar-refractivity contribution is 6.31. The summed E-state index contributed by atoms with van der Waals surface area (Å²) in [6.45, 7) is 0. The van der Waals surface area contributed by atoms with Crippen LogP contribution in [0.5, 0.6) is 0 Å². The Morgan fingerprint density at radius 2 is 2.06 bits per heavy atom. The lowest BCUT2D eigenvalue weighted by Crippen LogP contribution is -1.98. The molecule has 0 fully saturated rings. The Hall–Kier alpha value is -1.81. The van der Waals surface area contributed by atoms with E-state index in [0.29, 0.717) is 23.1 Å². The average molecular weight is 251 g/mol. The van der Waals surface area contributed by atoms with Crippen molar-refractivity contribution < 1.29 is 9.90 Å². The number of rotatable bonds is 4. The molecule has 0 aliphatic heterocycles. The maximum atomic E-state index is 10.5. The van der Waals surface area contributed by atoms with Crippen LogP contribution < -0.4 is 0 Å². The third-order valence-electron chi connectivity index (χ3n) is 2.33. The molecule has 0 aliphatic rings. The highest BCUT2D eigenvalue weighted by Gasteiger charge is 2.10. The van der Waals surface area contributed by atoms with Gasteiger partial charge in [-0.3, -0.25) is 4.79 Å².